The molecule has 0 bridgehead atoms. The minimum atomic E-state index is -3.82. The van der Waals surface area contributed by atoms with Crippen LogP contribution in [-0.4, -0.2) is 31.9 Å². The van der Waals surface area contributed by atoms with Gasteiger partial charge in [0, 0.05) is 16.6 Å². The smallest absolute Gasteiger partial charge is 0.337 e. The monoisotopic (exact) mass is 516 g/mol. The van der Waals surface area contributed by atoms with Gasteiger partial charge in [0.15, 0.2) is 0 Å². The Morgan fingerprint density at radius 2 is 1.66 bits per heavy atom. The molecule has 0 unspecified atom stereocenters. The van der Waals surface area contributed by atoms with Crippen molar-refractivity contribution in [3.05, 3.63) is 88.4 Å². The van der Waals surface area contributed by atoms with E-state index in [4.69, 9.17) is 0 Å². The van der Waals surface area contributed by atoms with Crippen molar-refractivity contribution in [1.29, 1.82) is 0 Å². The molecule has 2 N–H and O–H groups in total. The van der Waals surface area contributed by atoms with Gasteiger partial charge in [0.05, 0.1) is 21.8 Å². The highest BCUT2D eigenvalue weighted by atomic mass is 79.9. The first-order valence-electron chi connectivity index (χ1n) is 9.76. The molecular weight excluding hydrogens is 496 g/mol. The van der Waals surface area contributed by atoms with Gasteiger partial charge in [-0.2, -0.15) is 0 Å². The molecule has 32 heavy (non-hydrogen) atoms. The summed E-state index contributed by atoms with van der Waals surface area (Å²) < 4.78 is 28.3. The van der Waals surface area contributed by atoms with Gasteiger partial charge in [0.25, 0.3) is 15.9 Å². The van der Waals surface area contributed by atoms with Gasteiger partial charge in [-0.25, -0.2) is 13.2 Å². The molecule has 166 valence electrons. The van der Waals surface area contributed by atoms with E-state index in [9.17, 15) is 23.1 Å². The third-order valence-corrected chi connectivity index (χ3v) is 6.97. The Balaban J connectivity index is 1.85. The number of sulfonamides is 1. The summed E-state index contributed by atoms with van der Waals surface area (Å²) >= 11 is 3.20. The summed E-state index contributed by atoms with van der Waals surface area (Å²) in [7, 11) is -3.82. The molecule has 0 aliphatic heterocycles. The topological polar surface area (TPSA) is 104 Å². The molecule has 0 heterocycles. The van der Waals surface area contributed by atoms with Crippen molar-refractivity contribution in [2.24, 2.45) is 0 Å². The fourth-order valence-electron chi connectivity index (χ4n) is 3.09. The average molecular weight is 517 g/mol. The van der Waals surface area contributed by atoms with E-state index in [-0.39, 0.29) is 21.7 Å². The fourth-order valence-corrected chi connectivity index (χ4v) is 5.01. The Bertz CT molecular complexity index is 1230. The Hall–Kier alpha value is -3.17. The molecule has 0 radical (unpaired) electrons. The first-order valence-corrected chi connectivity index (χ1v) is 12.0. The Labute approximate surface area is 194 Å². The molecule has 0 aliphatic rings. The third kappa shape index (κ3) is 5.17. The van der Waals surface area contributed by atoms with Crippen LogP contribution < -0.4 is 9.62 Å². The molecule has 0 saturated carbocycles. The molecule has 3 aromatic rings. The minimum absolute atomic E-state index is 0.0567. The summed E-state index contributed by atoms with van der Waals surface area (Å²) in [5.74, 6) is -1.73. The lowest BCUT2D eigenvalue weighted by molar-refractivity contribution is 0.0698. The van der Waals surface area contributed by atoms with Gasteiger partial charge >= 0.3 is 5.97 Å². The number of carbonyl (C=O) groups excluding carboxylic acids is 1. The normalized spacial score (nSPS) is 11.1. The highest BCUT2D eigenvalue weighted by Gasteiger charge is 2.24. The second kappa shape index (κ2) is 9.97. The van der Waals surface area contributed by atoms with Gasteiger partial charge in [-0.05, 0) is 61.0 Å². The molecule has 7 nitrogen and oxygen atoms in total. The second-order valence-corrected chi connectivity index (χ2v) is 9.66. The highest BCUT2D eigenvalue weighted by molar-refractivity contribution is 9.10. The quantitative estimate of drug-likeness (QED) is 0.438. The zero-order valence-electron chi connectivity index (χ0n) is 17.2. The van der Waals surface area contributed by atoms with E-state index in [0.717, 1.165) is 0 Å². The van der Waals surface area contributed by atoms with Crippen molar-refractivity contribution in [1.82, 2.24) is 0 Å². The van der Waals surface area contributed by atoms with E-state index in [0.29, 0.717) is 23.1 Å². The number of para-hydroxylation sites is 1. The molecule has 0 atom stereocenters. The van der Waals surface area contributed by atoms with Crippen LogP contribution in [0.5, 0.6) is 0 Å². The first kappa shape index (κ1) is 23.5. The van der Waals surface area contributed by atoms with Crippen LogP contribution in [0.2, 0.25) is 0 Å². The second-order valence-electron chi connectivity index (χ2n) is 6.89. The molecule has 0 spiro atoms. The number of amides is 1. The van der Waals surface area contributed by atoms with Crippen LogP contribution in [-0.2, 0) is 10.0 Å². The lowest BCUT2D eigenvalue weighted by Crippen LogP contribution is -2.31. The van der Waals surface area contributed by atoms with Crippen LogP contribution in [0.4, 0.5) is 11.4 Å². The molecule has 0 aliphatic carbocycles. The predicted octanol–water partition coefficient (Wildman–Crippen LogP) is 5.00. The molecule has 0 saturated heterocycles. The molecule has 1 amide bonds. The number of rotatable bonds is 8. The maximum Gasteiger partial charge on any atom is 0.337 e. The number of carboxylic acid groups (broad SMARTS) is 1. The summed E-state index contributed by atoms with van der Waals surface area (Å²) in [6.45, 7) is 2.21. The predicted molar refractivity (Wildman–Crippen MR) is 127 cm³/mol. The number of halogens is 1. The van der Waals surface area contributed by atoms with Crippen molar-refractivity contribution in [3.8, 4) is 0 Å². The Morgan fingerprint density at radius 1 is 1.00 bits per heavy atom. The van der Waals surface area contributed by atoms with Crippen LogP contribution in [0.1, 0.15) is 34.1 Å². The number of carbonyl (C=O) groups is 2. The summed E-state index contributed by atoms with van der Waals surface area (Å²) in [6, 6.07) is 18.8. The van der Waals surface area contributed by atoms with Crippen molar-refractivity contribution >= 4 is 49.2 Å². The van der Waals surface area contributed by atoms with Crippen molar-refractivity contribution in [2.75, 3.05) is 16.2 Å². The van der Waals surface area contributed by atoms with Gasteiger partial charge in [-0.1, -0.05) is 41.1 Å². The summed E-state index contributed by atoms with van der Waals surface area (Å²) in [5.41, 5.74) is 0.836. The van der Waals surface area contributed by atoms with Crippen molar-refractivity contribution < 1.29 is 23.1 Å². The van der Waals surface area contributed by atoms with E-state index in [1.165, 1.54) is 40.7 Å². The fraction of sp³-hybridized carbons (Fsp3) is 0.130. The number of nitrogens with one attached hydrogen (secondary N) is 1. The van der Waals surface area contributed by atoms with Crippen LogP contribution in [0.15, 0.2) is 82.2 Å². The molecular formula is C23H21BrN2O5S. The van der Waals surface area contributed by atoms with E-state index in [1.807, 2.05) is 13.0 Å². The van der Waals surface area contributed by atoms with E-state index >= 15 is 0 Å². The SMILES string of the molecule is CCCN(c1ccccc1)S(=O)(=O)c1ccc(C(=O)Nc2ccc(Br)cc2C(=O)O)cc1. The number of aromatic carboxylic acids is 1. The summed E-state index contributed by atoms with van der Waals surface area (Å²) in [4.78, 5) is 24.1. The maximum absolute atomic E-state index is 13.2. The molecule has 3 rings (SSSR count). The van der Waals surface area contributed by atoms with Crippen LogP contribution >= 0.6 is 15.9 Å². The van der Waals surface area contributed by atoms with Crippen molar-refractivity contribution in [3.63, 3.8) is 0 Å². The number of hydrogen-bond acceptors (Lipinski definition) is 4. The summed E-state index contributed by atoms with van der Waals surface area (Å²) in [5, 5.41) is 11.9. The number of nitrogens with zero attached hydrogens (tertiary/aromatic N) is 1. The van der Waals surface area contributed by atoms with E-state index in [1.54, 1.807) is 30.3 Å². The Morgan fingerprint density at radius 3 is 2.25 bits per heavy atom. The molecule has 9 heteroatoms. The largest absolute Gasteiger partial charge is 0.478 e. The highest BCUT2D eigenvalue weighted by Crippen LogP contribution is 2.25. The first-order chi connectivity index (χ1) is 15.2. The van der Waals surface area contributed by atoms with Gasteiger partial charge in [-0.15, -0.1) is 0 Å². The number of hydrogen-bond donors (Lipinski definition) is 2. The van der Waals surface area contributed by atoms with E-state index in [2.05, 4.69) is 21.2 Å². The molecule has 0 aromatic heterocycles. The number of carboxylic acids is 1. The van der Waals surface area contributed by atoms with Crippen molar-refractivity contribution in [2.45, 2.75) is 18.2 Å². The number of benzene rings is 3. The maximum atomic E-state index is 13.2. The zero-order chi connectivity index (χ0) is 23.3. The lowest BCUT2D eigenvalue weighted by Gasteiger charge is -2.24. The van der Waals surface area contributed by atoms with E-state index < -0.39 is 21.9 Å². The van der Waals surface area contributed by atoms with Gasteiger partial charge in [-0.3, -0.25) is 9.10 Å². The Kier molecular flexibility index (Phi) is 7.32. The van der Waals surface area contributed by atoms with Gasteiger partial charge < -0.3 is 10.4 Å². The van der Waals surface area contributed by atoms with Gasteiger partial charge in [0.2, 0.25) is 0 Å². The van der Waals surface area contributed by atoms with Crippen LogP contribution in [0.3, 0.4) is 0 Å². The number of anilines is 2. The minimum Gasteiger partial charge on any atom is -0.478 e. The van der Waals surface area contributed by atoms with Gasteiger partial charge in [0.1, 0.15) is 0 Å². The lowest BCUT2D eigenvalue weighted by atomic mass is 10.1. The average Bonchev–Trinajstić information content (AvgIpc) is 2.79. The van der Waals surface area contributed by atoms with Crippen LogP contribution in [0.25, 0.3) is 0 Å². The summed E-state index contributed by atoms with van der Waals surface area (Å²) in [6.07, 6.45) is 0.633. The third-order valence-electron chi connectivity index (χ3n) is 4.64. The zero-order valence-corrected chi connectivity index (χ0v) is 19.6. The standard InChI is InChI=1S/C23H21BrN2O5S/c1-2-14-26(18-6-4-3-5-7-18)32(30,31)19-11-8-16(9-12-19)22(27)25-21-13-10-17(24)15-20(21)23(28)29/h3-13,15H,2,14H2,1H3,(H,25,27)(H,28,29). The molecule has 3 aromatic carbocycles. The molecule has 0 fully saturated rings. The van der Waals surface area contributed by atoms with Crippen LogP contribution in [0, 0.1) is 0 Å².